The molecule has 0 aliphatic heterocycles. The van der Waals surface area contributed by atoms with Crippen LogP contribution in [0, 0.1) is 19.7 Å². The van der Waals surface area contributed by atoms with Crippen molar-refractivity contribution in [2.75, 3.05) is 5.73 Å². The predicted octanol–water partition coefficient (Wildman–Crippen LogP) is 2.86. The van der Waals surface area contributed by atoms with Gasteiger partial charge in [0.25, 0.3) is 0 Å². The molecule has 0 bridgehead atoms. The van der Waals surface area contributed by atoms with Crippen molar-refractivity contribution in [2.45, 2.75) is 13.8 Å². The summed E-state index contributed by atoms with van der Waals surface area (Å²) in [4.78, 5) is 4.13. The van der Waals surface area contributed by atoms with Gasteiger partial charge in [0.15, 0.2) is 11.6 Å². The topological polar surface area (TPSA) is 65.4 Å². The number of nitrogen functional groups attached to an aromatic ring is 1. The SMILES string of the molecule is Cc1cc2c(Oc3cc(C)c(N)cc3F)nccn2n1. The van der Waals surface area contributed by atoms with Crippen LogP contribution < -0.4 is 10.5 Å². The van der Waals surface area contributed by atoms with Gasteiger partial charge in [-0.2, -0.15) is 5.10 Å². The second-order valence-corrected chi connectivity index (χ2v) is 4.59. The molecule has 0 saturated carbocycles. The van der Waals surface area contributed by atoms with E-state index < -0.39 is 5.82 Å². The molecular formula is C14H13FN4O. The van der Waals surface area contributed by atoms with Gasteiger partial charge in [-0.05, 0) is 31.5 Å². The lowest BCUT2D eigenvalue weighted by Gasteiger charge is -2.09. The lowest BCUT2D eigenvalue weighted by molar-refractivity contribution is 0.429. The van der Waals surface area contributed by atoms with Gasteiger partial charge < -0.3 is 10.5 Å². The van der Waals surface area contributed by atoms with E-state index in [1.54, 1.807) is 29.9 Å². The number of nitrogens with zero attached hydrogens (tertiary/aromatic N) is 3. The minimum Gasteiger partial charge on any atom is -0.434 e. The zero-order valence-electron chi connectivity index (χ0n) is 11.1. The summed E-state index contributed by atoms with van der Waals surface area (Å²) in [5.74, 6) is -0.125. The van der Waals surface area contributed by atoms with Crippen LogP contribution in [0.1, 0.15) is 11.3 Å². The first-order valence-corrected chi connectivity index (χ1v) is 6.09. The van der Waals surface area contributed by atoms with Crippen LogP contribution in [-0.4, -0.2) is 14.6 Å². The number of nitrogens with two attached hydrogens (primary N) is 1. The Bertz CT molecular complexity index is 797. The molecule has 0 atom stereocenters. The summed E-state index contributed by atoms with van der Waals surface area (Å²) in [7, 11) is 0. The average molecular weight is 272 g/mol. The zero-order chi connectivity index (χ0) is 14.3. The summed E-state index contributed by atoms with van der Waals surface area (Å²) >= 11 is 0. The Hall–Kier alpha value is -2.63. The van der Waals surface area contributed by atoms with Gasteiger partial charge >= 0.3 is 0 Å². The first-order chi connectivity index (χ1) is 9.54. The Kier molecular flexibility index (Phi) is 2.78. The van der Waals surface area contributed by atoms with E-state index in [1.165, 1.54) is 6.07 Å². The molecule has 0 aliphatic rings. The van der Waals surface area contributed by atoms with Gasteiger partial charge in [-0.1, -0.05) is 0 Å². The number of aryl methyl sites for hydroxylation is 2. The van der Waals surface area contributed by atoms with E-state index in [9.17, 15) is 4.39 Å². The molecule has 0 spiro atoms. The number of halogens is 1. The molecule has 20 heavy (non-hydrogen) atoms. The molecule has 2 heterocycles. The highest BCUT2D eigenvalue weighted by Crippen LogP contribution is 2.29. The molecule has 2 aromatic heterocycles. The third-order valence-corrected chi connectivity index (χ3v) is 3.00. The number of rotatable bonds is 2. The maximum Gasteiger partial charge on any atom is 0.245 e. The van der Waals surface area contributed by atoms with Crippen molar-refractivity contribution in [2.24, 2.45) is 0 Å². The van der Waals surface area contributed by atoms with E-state index in [4.69, 9.17) is 10.5 Å². The summed E-state index contributed by atoms with van der Waals surface area (Å²) in [6.07, 6.45) is 3.26. The molecule has 6 heteroatoms. The van der Waals surface area contributed by atoms with E-state index in [0.717, 1.165) is 11.3 Å². The lowest BCUT2D eigenvalue weighted by Crippen LogP contribution is -1.97. The highest BCUT2D eigenvalue weighted by molar-refractivity contribution is 5.58. The van der Waals surface area contributed by atoms with Crippen LogP contribution in [0.5, 0.6) is 11.6 Å². The Morgan fingerprint density at radius 2 is 2.05 bits per heavy atom. The lowest BCUT2D eigenvalue weighted by atomic mass is 10.2. The van der Waals surface area contributed by atoms with Crippen LogP contribution >= 0.6 is 0 Å². The van der Waals surface area contributed by atoms with E-state index >= 15 is 0 Å². The average Bonchev–Trinajstić information content (AvgIpc) is 2.77. The number of ether oxygens (including phenoxy) is 1. The fraction of sp³-hybridized carbons (Fsp3) is 0.143. The number of aromatic nitrogens is 3. The summed E-state index contributed by atoms with van der Waals surface area (Å²) in [5, 5.41) is 4.25. The first-order valence-electron chi connectivity index (χ1n) is 6.09. The van der Waals surface area contributed by atoms with Gasteiger partial charge in [-0.25, -0.2) is 13.9 Å². The normalized spacial score (nSPS) is 10.9. The van der Waals surface area contributed by atoms with Gasteiger partial charge in [-0.3, -0.25) is 0 Å². The number of hydrogen-bond acceptors (Lipinski definition) is 4. The molecule has 0 aliphatic carbocycles. The third kappa shape index (κ3) is 2.05. The molecule has 0 saturated heterocycles. The van der Waals surface area contributed by atoms with Crippen molar-refractivity contribution in [3.8, 4) is 11.6 Å². The van der Waals surface area contributed by atoms with Crippen LogP contribution in [-0.2, 0) is 0 Å². The Morgan fingerprint density at radius 1 is 1.25 bits per heavy atom. The van der Waals surface area contributed by atoms with E-state index in [-0.39, 0.29) is 5.75 Å². The Balaban J connectivity index is 2.07. The highest BCUT2D eigenvalue weighted by atomic mass is 19.1. The molecule has 0 amide bonds. The maximum atomic E-state index is 13.9. The van der Waals surface area contributed by atoms with Crippen LogP contribution in [0.25, 0.3) is 5.52 Å². The number of anilines is 1. The first kappa shape index (κ1) is 12.4. The van der Waals surface area contributed by atoms with E-state index in [1.807, 2.05) is 13.0 Å². The molecule has 3 rings (SSSR count). The smallest absolute Gasteiger partial charge is 0.245 e. The molecule has 1 aromatic carbocycles. The Morgan fingerprint density at radius 3 is 2.85 bits per heavy atom. The largest absolute Gasteiger partial charge is 0.434 e. The summed E-state index contributed by atoms with van der Waals surface area (Å²) in [6.45, 7) is 3.66. The van der Waals surface area contributed by atoms with Gasteiger partial charge in [0.05, 0.1) is 5.69 Å². The van der Waals surface area contributed by atoms with Crippen molar-refractivity contribution < 1.29 is 9.13 Å². The molecule has 5 nitrogen and oxygen atoms in total. The quantitative estimate of drug-likeness (QED) is 0.728. The minimum atomic E-state index is -0.520. The monoisotopic (exact) mass is 272 g/mol. The van der Waals surface area contributed by atoms with E-state index in [2.05, 4.69) is 10.1 Å². The number of fused-ring (bicyclic) bond motifs is 1. The van der Waals surface area contributed by atoms with Crippen molar-refractivity contribution in [3.63, 3.8) is 0 Å². The zero-order valence-corrected chi connectivity index (χ0v) is 11.1. The van der Waals surface area contributed by atoms with Gasteiger partial charge in [0, 0.05) is 24.1 Å². The highest BCUT2D eigenvalue weighted by Gasteiger charge is 2.12. The van der Waals surface area contributed by atoms with Crippen LogP contribution in [0.3, 0.4) is 0 Å². The summed E-state index contributed by atoms with van der Waals surface area (Å²) in [5.41, 5.74) is 8.30. The molecule has 102 valence electrons. The Labute approximate surface area is 114 Å². The summed E-state index contributed by atoms with van der Waals surface area (Å²) < 4.78 is 21.1. The van der Waals surface area contributed by atoms with Crippen molar-refractivity contribution in [1.29, 1.82) is 0 Å². The van der Waals surface area contributed by atoms with Crippen LogP contribution in [0.4, 0.5) is 10.1 Å². The molecule has 0 unspecified atom stereocenters. The number of benzene rings is 1. The fourth-order valence-corrected chi connectivity index (χ4v) is 1.95. The standard InChI is InChI=1S/C14H13FN4O/c1-8-5-13(10(15)7-11(8)16)20-14-12-6-9(2)18-19(12)4-3-17-14/h3-7H,16H2,1-2H3. The van der Waals surface area contributed by atoms with Crippen LogP contribution in [0.2, 0.25) is 0 Å². The van der Waals surface area contributed by atoms with Crippen LogP contribution in [0.15, 0.2) is 30.6 Å². The predicted molar refractivity (Wildman–Crippen MR) is 73.3 cm³/mol. The van der Waals surface area contributed by atoms with Crippen molar-refractivity contribution >= 4 is 11.2 Å². The summed E-state index contributed by atoms with van der Waals surface area (Å²) in [6, 6.07) is 4.62. The van der Waals surface area contributed by atoms with Crippen molar-refractivity contribution in [1.82, 2.24) is 14.6 Å². The molecule has 0 fully saturated rings. The van der Waals surface area contributed by atoms with Crippen molar-refractivity contribution in [3.05, 3.63) is 47.7 Å². The fourth-order valence-electron chi connectivity index (χ4n) is 1.95. The maximum absolute atomic E-state index is 13.9. The van der Waals surface area contributed by atoms with E-state index in [0.29, 0.717) is 17.1 Å². The number of hydrogen-bond donors (Lipinski definition) is 1. The second-order valence-electron chi connectivity index (χ2n) is 4.59. The molecular weight excluding hydrogens is 259 g/mol. The third-order valence-electron chi connectivity index (χ3n) is 3.00. The molecule has 2 N–H and O–H groups in total. The van der Waals surface area contributed by atoms with Gasteiger partial charge in [0.1, 0.15) is 5.52 Å². The second kappa shape index (κ2) is 4.48. The minimum absolute atomic E-state index is 0.0937. The molecule has 0 radical (unpaired) electrons. The van der Waals surface area contributed by atoms with Gasteiger partial charge in [-0.15, -0.1) is 0 Å². The van der Waals surface area contributed by atoms with Gasteiger partial charge in [0.2, 0.25) is 5.88 Å². The molecule has 3 aromatic rings.